The summed E-state index contributed by atoms with van der Waals surface area (Å²) in [4.78, 5) is 0. The Labute approximate surface area is 127 Å². The summed E-state index contributed by atoms with van der Waals surface area (Å²) in [6.07, 6.45) is 16.1. The van der Waals surface area contributed by atoms with Gasteiger partial charge in [-0.25, -0.2) is 11.6 Å². The van der Waals surface area contributed by atoms with Gasteiger partial charge in [0.1, 0.15) is 0 Å². The molecule has 0 heterocycles. The monoisotopic (exact) mass is 485 g/mol. The summed E-state index contributed by atoms with van der Waals surface area (Å²) in [6, 6.07) is 0. The van der Waals surface area contributed by atoms with Crippen LogP contribution in [-0.2, 0) is 25.8 Å². The molecule has 0 unspecified atom stereocenters. The summed E-state index contributed by atoms with van der Waals surface area (Å²) in [7, 11) is 0. The summed E-state index contributed by atoms with van der Waals surface area (Å²) < 4.78 is 0. The van der Waals surface area contributed by atoms with Gasteiger partial charge in [-0.3, -0.25) is 6.08 Å². The SMILES string of the molecule is [Br-].[Br-].[C-]1=C(C2CCCCC2)C=CC1.[Hf]. The van der Waals surface area contributed by atoms with E-state index in [2.05, 4.69) is 18.2 Å². The number of hydrogen-bond acceptors (Lipinski definition) is 0. The van der Waals surface area contributed by atoms with Gasteiger partial charge in [-0.2, -0.15) is 6.08 Å². The molecule has 0 atom stereocenters. The maximum Gasteiger partial charge on any atom is 0 e. The van der Waals surface area contributed by atoms with E-state index in [4.69, 9.17) is 0 Å². The largest absolute Gasteiger partial charge is 1.00 e. The quantitative estimate of drug-likeness (QED) is 0.280. The second-order valence-electron chi connectivity index (χ2n) is 3.57. The van der Waals surface area contributed by atoms with Crippen molar-refractivity contribution in [1.29, 1.82) is 0 Å². The van der Waals surface area contributed by atoms with Gasteiger partial charge in [-0.05, 0) is 18.8 Å². The molecule has 0 aliphatic heterocycles. The fourth-order valence-electron chi connectivity index (χ4n) is 2.12. The summed E-state index contributed by atoms with van der Waals surface area (Å²) in [5, 5.41) is 0. The van der Waals surface area contributed by atoms with Gasteiger partial charge in [0, 0.05) is 25.8 Å². The molecular formula is C11H15Br2Hf-3. The molecule has 2 aliphatic rings. The van der Waals surface area contributed by atoms with Crippen molar-refractivity contribution in [2.45, 2.75) is 38.5 Å². The third kappa shape index (κ3) is 4.89. The minimum atomic E-state index is 0. The molecular weight excluding hydrogens is 470 g/mol. The Hall–Kier alpha value is 1.31. The van der Waals surface area contributed by atoms with Gasteiger partial charge >= 0.3 is 0 Å². The Balaban J connectivity index is 0. The van der Waals surface area contributed by atoms with Crippen LogP contribution in [0.25, 0.3) is 0 Å². The predicted molar refractivity (Wildman–Crippen MR) is 47.1 cm³/mol. The van der Waals surface area contributed by atoms with Crippen LogP contribution < -0.4 is 34.0 Å². The molecule has 0 aromatic rings. The molecule has 0 aromatic heterocycles. The van der Waals surface area contributed by atoms with Gasteiger partial charge in [0.15, 0.2) is 0 Å². The van der Waals surface area contributed by atoms with E-state index in [1.54, 1.807) is 0 Å². The van der Waals surface area contributed by atoms with Crippen LogP contribution in [0, 0.1) is 12.0 Å². The van der Waals surface area contributed by atoms with Crippen LogP contribution in [0.1, 0.15) is 38.5 Å². The topological polar surface area (TPSA) is 0 Å². The molecule has 0 bridgehead atoms. The number of allylic oxidation sites excluding steroid dienone is 4. The zero-order valence-corrected chi connectivity index (χ0v) is 15.0. The Kier molecular flexibility index (Phi) is 12.0. The summed E-state index contributed by atoms with van der Waals surface area (Å²) in [5.41, 5.74) is 1.50. The summed E-state index contributed by atoms with van der Waals surface area (Å²) in [6.45, 7) is 0. The molecule has 1 fully saturated rings. The third-order valence-corrected chi connectivity index (χ3v) is 2.77. The Morgan fingerprint density at radius 3 is 2.21 bits per heavy atom. The van der Waals surface area contributed by atoms with E-state index < -0.39 is 0 Å². The van der Waals surface area contributed by atoms with Crippen LogP contribution in [0.5, 0.6) is 0 Å². The van der Waals surface area contributed by atoms with Crippen molar-refractivity contribution in [3.63, 3.8) is 0 Å². The van der Waals surface area contributed by atoms with Crippen LogP contribution in [0.4, 0.5) is 0 Å². The van der Waals surface area contributed by atoms with E-state index in [-0.39, 0.29) is 59.8 Å². The van der Waals surface area contributed by atoms with E-state index in [9.17, 15) is 0 Å². The molecule has 0 amide bonds. The average Bonchev–Trinajstić information content (AvgIpc) is 2.58. The average molecular weight is 486 g/mol. The van der Waals surface area contributed by atoms with Gasteiger partial charge in [0.05, 0.1) is 0 Å². The molecule has 0 saturated heterocycles. The van der Waals surface area contributed by atoms with Crippen LogP contribution >= 0.6 is 0 Å². The molecule has 0 spiro atoms. The summed E-state index contributed by atoms with van der Waals surface area (Å²) in [5.74, 6) is 0.863. The second-order valence-corrected chi connectivity index (χ2v) is 3.57. The van der Waals surface area contributed by atoms with Gasteiger partial charge in [-0.1, -0.05) is 19.3 Å². The first-order valence-corrected chi connectivity index (χ1v) is 4.74. The van der Waals surface area contributed by atoms with Gasteiger partial charge < -0.3 is 34.0 Å². The number of hydrogen-bond donors (Lipinski definition) is 0. The zero-order valence-electron chi connectivity index (χ0n) is 8.23. The smallest absolute Gasteiger partial charge is 0 e. The zero-order chi connectivity index (χ0) is 7.52. The van der Waals surface area contributed by atoms with Gasteiger partial charge in [-0.15, -0.1) is 6.42 Å². The van der Waals surface area contributed by atoms with Crippen molar-refractivity contribution in [1.82, 2.24) is 0 Å². The van der Waals surface area contributed by atoms with Gasteiger partial charge in [0.2, 0.25) is 0 Å². The van der Waals surface area contributed by atoms with E-state index in [1.165, 1.54) is 37.7 Å². The van der Waals surface area contributed by atoms with Crippen molar-refractivity contribution in [2.75, 3.05) is 0 Å². The fraction of sp³-hybridized carbons (Fsp3) is 0.636. The van der Waals surface area contributed by atoms with Crippen LogP contribution in [0.15, 0.2) is 17.7 Å². The molecule has 1 saturated carbocycles. The molecule has 2 aliphatic carbocycles. The first kappa shape index (κ1) is 17.7. The van der Waals surface area contributed by atoms with E-state index in [0.717, 1.165) is 12.3 Å². The third-order valence-electron chi connectivity index (χ3n) is 2.77. The second kappa shape index (κ2) is 9.53. The van der Waals surface area contributed by atoms with Crippen molar-refractivity contribution in [3.05, 3.63) is 23.8 Å². The van der Waals surface area contributed by atoms with Crippen molar-refractivity contribution < 1.29 is 59.8 Å². The van der Waals surface area contributed by atoms with E-state index in [1.807, 2.05) is 0 Å². The first-order valence-electron chi connectivity index (χ1n) is 4.74. The van der Waals surface area contributed by atoms with Crippen molar-refractivity contribution in [3.8, 4) is 0 Å². The van der Waals surface area contributed by atoms with Gasteiger partial charge in [0.25, 0.3) is 0 Å². The standard InChI is InChI=1S/C11H15.2BrH.Hf/c1-2-6-10(7-3-1)11-8-4-5-9-11;;;/h4,8,10H,1-3,5-7H2;2*1H;/q-1;;;/p-2. The Bertz CT molecular complexity index is 193. The molecule has 0 radical (unpaired) electrons. The van der Waals surface area contributed by atoms with Crippen LogP contribution in [0.3, 0.4) is 0 Å². The molecule has 80 valence electrons. The molecule has 2 rings (SSSR count). The maximum atomic E-state index is 3.43. The first-order chi connectivity index (χ1) is 5.47. The number of rotatable bonds is 1. The molecule has 3 heteroatoms. The molecule has 0 N–H and O–H groups in total. The van der Waals surface area contributed by atoms with Crippen LogP contribution in [0.2, 0.25) is 0 Å². The maximum absolute atomic E-state index is 3.43. The molecule has 0 nitrogen and oxygen atoms in total. The Morgan fingerprint density at radius 1 is 1.07 bits per heavy atom. The number of halogens is 2. The van der Waals surface area contributed by atoms with Crippen molar-refractivity contribution in [2.24, 2.45) is 5.92 Å². The van der Waals surface area contributed by atoms with Crippen LogP contribution in [-0.4, -0.2) is 0 Å². The molecule has 14 heavy (non-hydrogen) atoms. The van der Waals surface area contributed by atoms with Crippen molar-refractivity contribution >= 4 is 0 Å². The molecule has 0 aromatic carbocycles. The normalized spacial score (nSPS) is 20.1. The summed E-state index contributed by atoms with van der Waals surface area (Å²) >= 11 is 0. The predicted octanol–water partition coefficient (Wildman–Crippen LogP) is -2.74. The Morgan fingerprint density at radius 2 is 1.71 bits per heavy atom. The minimum Gasteiger partial charge on any atom is -1.00 e. The van der Waals surface area contributed by atoms with E-state index >= 15 is 0 Å². The fourth-order valence-corrected chi connectivity index (χ4v) is 2.12. The minimum absolute atomic E-state index is 0. The van der Waals surface area contributed by atoms with E-state index in [0.29, 0.717) is 0 Å².